The number of aromatic amines is 1. The Bertz CT molecular complexity index is 1160. The van der Waals surface area contributed by atoms with Gasteiger partial charge in [0.2, 0.25) is 10.1 Å². The number of nitrogens with zero attached hydrogens (tertiary/aromatic N) is 5. The van der Waals surface area contributed by atoms with Gasteiger partial charge in [-0.2, -0.15) is 9.61 Å². The Morgan fingerprint density at radius 2 is 2.07 bits per heavy atom. The molecule has 0 saturated heterocycles. The number of hydrogen-bond donors (Lipinski definition) is 1. The van der Waals surface area contributed by atoms with Crippen LogP contribution < -0.4 is 5.56 Å². The minimum atomic E-state index is -0.158. The lowest BCUT2D eigenvalue weighted by atomic mass is 10.1. The largest absolute Gasteiger partial charge is 0.275 e. The molecule has 0 saturated carbocycles. The first-order valence-corrected chi connectivity index (χ1v) is 10.3. The zero-order valence-electron chi connectivity index (χ0n) is 15.1. The summed E-state index contributed by atoms with van der Waals surface area (Å²) in [6, 6.07) is 9.55. The molecule has 0 bridgehead atoms. The quantitative estimate of drug-likeness (QED) is 0.516. The van der Waals surface area contributed by atoms with E-state index in [9.17, 15) is 4.79 Å². The topological polar surface area (TPSA) is 88.8 Å². The molecule has 1 aromatic carbocycles. The molecular weight excluding hydrogens is 380 g/mol. The van der Waals surface area contributed by atoms with Crippen molar-refractivity contribution in [3.05, 3.63) is 57.0 Å². The maximum Gasteiger partial charge on any atom is 0.275 e. The van der Waals surface area contributed by atoms with Gasteiger partial charge in [-0.05, 0) is 12.5 Å². The summed E-state index contributed by atoms with van der Waals surface area (Å²) < 4.78 is 1.37. The third-order valence-electron chi connectivity index (χ3n) is 4.02. The van der Waals surface area contributed by atoms with Crippen LogP contribution in [0.1, 0.15) is 36.0 Å². The fraction of sp³-hybridized carbons (Fsp3) is 0.278. The van der Waals surface area contributed by atoms with E-state index in [0.717, 1.165) is 22.0 Å². The maximum absolute atomic E-state index is 12.3. The van der Waals surface area contributed by atoms with E-state index < -0.39 is 0 Å². The Morgan fingerprint density at radius 3 is 2.85 bits per heavy atom. The first kappa shape index (κ1) is 17.9. The highest BCUT2D eigenvalue weighted by molar-refractivity contribution is 7.98. The summed E-state index contributed by atoms with van der Waals surface area (Å²) in [6.07, 6.45) is 0. The summed E-state index contributed by atoms with van der Waals surface area (Å²) in [4.78, 5) is 22.0. The second-order valence-electron chi connectivity index (χ2n) is 6.45. The Balaban J connectivity index is 1.54. The van der Waals surface area contributed by atoms with Crippen molar-refractivity contribution in [2.24, 2.45) is 0 Å². The van der Waals surface area contributed by atoms with Crippen molar-refractivity contribution in [2.75, 3.05) is 0 Å². The average molecular weight is 399 g/mol. The lowest BCUT2D eigenvalue weighted by molar-refractivity contribution is 0.782. The zero-order chi connectivity index (χ0) is 19.0. The lowest BCUT2D eigenvalue weighted by Crippen LogP contribution is -2.15. The second kappa shape index (κ2) is 7.24. The minimum Gasteiger partial charge on any atom is -0.267 e. The van der Waals surface area contributed by atoms with Crippen LogP contribution in [-0.4, -0.2) is 29.8 Å². The smallest absolute Gasteiger partial charge is 0.267 e. The molecule has 7 nitrogen and oxygen atoms in total. The third-order valence-corrected chi connectivity index (χ3v) is 6.11. The number of aryl methyl sites for hydroxylation is 1. The molecule has 0 spiro atoms. The average Bonchev–Trinajstić information content (AvgIpc) is 3.27. The van der Waals surface area contributed by atoms with Crippen molar-refractivity contribution in [1.82, 2.24) is 29.8 Å². The highest BCUT2D eigenvalue weighted by Crippen LogP contribution is 2.24. The van der Waals surface area contributed by atoms with Crippen molar-refractivity contribution in [3.8, 4) is 11.4 Å². The van der Waals surface area contributed by atoms with Crippen LogP contribution in [-0.2, 0) is 5.75 Å². The number of H-pyrrole nitrogens is 1. The molecule has 0 unspecified atom stereocenters. The molecule has 0 radical (unpaired) electrons. The summed E-state index contributed by atoms with van der Waals surface area (Å²) in [5, 5.41) is 13.1. The molecule has 1 N–H and O–H groups in total. The molecule has 0 atom stereocenters. The molecule has 0 aliphatic heterocycles. The minimum absolute atomic E-state index is 0.158. The molecule has 4 rings (SSSR count). The molecule has 3 aromatic heterocycles. The second-order valence-corrected chi connectivity index (χ2v) is 8.38. The van der Waals surface area contributed by atoms with E-state index in [-0.39, 0.29) is 11.5 Å². The van der Waals surface area contributed by atoms with Gasteiger partial charge in [-0.25, -0.2) is 9.97 Å². The number of aromatic nitrogens is 6. The Morgan fingerprint density at radius 1 is 1.26 bits per heavy atom. The molecule has 0 aliphatic rings. The highest BCUT2D eigenvalue weighted by Gasteiger charge is 2.13. The molecule has 0 fully saturated rings. The van der Waals surface area contributed by atoms with Crippen molar-refractivity contribution < 1.29 is 0 Å². The van der Waals surface area contributed by atoms with Crippen LogP contribution in [0.25, 0.3) is 16.3 Å². The standard InChI is InChI=1S/C18H18N6OS2/c1-10(2)16-23-24-14(25)8-12(19-18(24)27-16)9-26-17-20-15(21-22-17)13-7-5-4-6-11(13)3/h4-8,10H,9H2,1-3H3,(H,20,21,22). The van der Waals surface area contributed by atoms with E-state index in [1.54, 1.807) is 0 Å². The van der Waals surface area contributed by atoms with Gasteiger partial charge >= 0.3 is 0 Å². The van der Waals surface area contributed by atoms with Gasteiger partial charge < -0.3 is 0 Å². The number of benzene rings is 1. The maximum atomic E-state index is 12.3. The molecule has 27 heavy (non-hydrogen) atoms. The number of rotatable bonds is 5. The van der Waals surface area contributed by atoms with Gasteiger partial charge in [-0.3, -0.25) is 9.89 Å². The first-order valence-electron chi connectivity index (χ1n) is 8.52. The van der Waals surface area contributed by atoms with E-state index >= 15 is 0 Å². The van der Waals surface area contributed by atoms with E-state index in [2.05, 4.69) is 39.1 Å². The molecule has 0 aliphatic carbocycles. The fourth-order valence-corrected chi connectivity index (χ4v) is 4.20. The molecular formula is C18H18N6OS2. The molecule has 138 valence electrons. The van der Waals surface area contributed by atoms with E-state index in [4.69, 9.17) is 0 Å². The van der Waals surface area contributed by atoms with Crippen LogP contribution in [0.2, 0.25) is 0 Å². The van der Waals surface area contributed by atoms with E-state index in [1.165, 1.54) is 33.7 Å². The Kier molecular flexibility index (Phi) is 4.79. The van der Waals surface area contributed by atoms with Gasteiger partial charge in [0.25, 0.3) is 5.56 Å². The SMILES string of the molecule is Cc1ccccc1-c1nc(SCc2cc(=O)n3nc(C(C)C)sc3n2)n[nH]1. The Labute approximate surface area is 163 Å². The van der Waals surface area contributed by atoms with Gasteiger partial charge in [0.05, 0.1) is 5.69 Å². The number of fused-ring (bicyclic) bond motifs is 1. The summed E-state index contributed by atoms with van der Waals surface area (Å²) >= 11 is 2.90. The summed E-state index contributed by atoms with van der Waals surface area (Å²) in [5.74, 6) is 1.52. The molecule has 4 aromatic rings. The van der Waals surface area contributed by atoms with Crippen molar-refractivity contribution in [1.29, 1.82) is 0 Å². The monoisotopic (exact) mass is 398 g/mol. The van der Waals surface area contributed by atoms with Gasteiger partial charge in [-0.1, -0.05) is 61.2 Å². The van der Waals surface area contributed by atoms with Crippen molar-refractivity contribution >= 4 is 28.1 Å². The van der Waals surface area contributed by atoms with Crippen LogP contribution in [0.4, 0.5) is 0 Å². The number of hydrogen-bond acceptors (Lipinski definition) is 7. The predicted molar refractivity (Wildman–Crippen MR) is 107 cm³/mol. The van der Waals surface area contributed by atoms with Gasteiger partial charge in [-0.15, -0.1) is 5.10 Å². The summed E-state index contributed by atoms with van der Waals surface area (Å²) in [6.45, 7) is 6.14. The molecule has 9 heteroatoms. The zero-order valence-corrected chi connectivity index (χ0v) is 16.8. The van der Waals surface area contributed by atoms with Crippen LogP contribution >= 0.6 is 23.1 Å². The first-order chi connectivity index (χ1) is 13.0. The molecule has 0 amide bonds. The van der Waals surface area contributed by atoms with Crippen LogP contribution in [0.5, 0.6) is 0 Å². The Hall–Kier alpha value is -2.52. The van der Waals surface area contributed by atoms with E-state index in [0.29, 0.717) is 21.6 Å². The van der Waals surface area contributed by atoms with Crippen LogP contribution in [0.15, 0.2) is 40.3 Å². The summed E-state index contributed by atoms with van der Waals surface area (Å²) in [7, 11) is 0. The van der Waals surface area contributed by atoms with Crippen LogP contribution in [0.3, 0.4) is 0 Å². The number of nitrogens with one attached hydrogen (secondary N) is 1. The predicted octanol–water partition coefficient (Wildman–Crippen LogP) is 3.66. The van der Waals surface area contributed by atoms with Crippen LogP contribution in [0, 0.1) is 6.92 Å². The third kappa shape index (κ3) is 3.65. The summed E-state index contributed by atoms with van der Waals surface area (Å²) in [5.41, 5.74) is 2.71. The van der Waals surface area contributed by atoms with Gasteiger partial charge in [0.1, 0.15) is 5.01 Å². The van der Waals surface area contributed by atoms with Gasteiger partial charge in [0.15, 0.2) is 5.82 Å². The normalized spacial score (nSPS) is 11.6. The number of thioether (sulfide) groups is 1. The van der Waals surface area contributed by atoms with Crippen molar-refractivity contribution in [3.63, 3.8) is 0 Å². The van der Waals surface area contributed by atoms with E-state index in [1.807, 2.05) is 31.2 Å². The fourth-order valence-electron chi connectivity index (χ4n) is 2.59. The highest BCUT2D eigenvalue weighted by atomic mass is 32.2. The van der Waals surface area contributed by atoms with Gasteiger partial charge in [0, 0.05) is 23.3 Å². The lowest BCUT2D eigenvalue weighted by Gasteiger charge is -2.00. The van der Waals surface area contributed by atoms with Crippen molar-refractivity contribution in [2.45, 2.75) is 37.6 Å². The molecule has 3 heterocycles.